The van der Waals surface area contributed by atoms with Gasteiger partial charge in [-0.3, -0.25) is 0 Å². The molecular weight excluding hydrogens is 264 g/mol. The van der Waals surface area contributed by atoms with Crippen LogP contribution in [0.4, 0.5) is 0 Å². The van der Waals surface area contributed by atoms with Crippen LogP contribution in [0.2, 0.25) is 0 Å². The summed E-state index contributed by atoms with van der Waals surface area (Å²) in [6, 6.07) is 0. The van der Waals surface area contributed by atoms with E-state index in [1.165, 1.54) is 84.5 Å². The van der Waals surface area contributed by atoms with Crippen molar-refractivity contribution in [3.05, 3.63) is 0 Å². The molecule has 0 aromatic rings. The molecule has 0 bridgehead atoms. The van der Waals surface area contributed by atoms with Crippen molar-refractivity contribution in [1.29, 1.82) is 0 Å². The molecule has 0 fully saturated rings. The van der Waals surface area contributed by atoms with Gasteiger partial charge >= 0.3 is 0 Å². The summed E-state index contributed by atoms with van der Waals surface area (Å²) in [4.78, 5) is 0. The molecule has 6 heteroatoms. The van der Waals surface area contributed by atoms with Gasteiger partial charge in [0.25, 0.3) is 0 Å². The van der Waals surface area contributed by atoms with Crippen LogP contribution in [0.5, 0.6) is 0 Å². The standard InChI is InChI=1S/C15H38N6/c16-6-1-8-18-10-3-12-20-14-5-15-21-13-4-11-19-9-2-7-17/h18-21H,1-17H2/p+6. The largest absolute Gasteiger partial charge is 0.357 e. The molecular formula is C15H44N6+6. The van der Waals surface area contributed by atoms with Crippen molar-refractivity contribution in [3.8, 4) is 0 Å². The predicted molar refractivity (Wildman–Crippen MR) is 85.2 cm³/mol. The number of hydrogen-bond acceptors (Lipinski definition) is 0. The molecule has 21 heavy (non-hydrogen) atoms. The van der Waals surface area contributed by atoms with E-state index in [1.807, 2.05) is 0 Å². The van der Waals surface area contributed by atoms with Crippen molar-refractivity contribution >= 4 is 0 Å². The summed E-state index contributed by atoms with van der Waals surface area (Å²) >= 11 is 0. The van der Waals surface area contributed by atoms with Gasteiger partial charge in [-0.25, -0.2) is 0 Å². The minimum atomic E-state index is 1.08. The van der Waals surface area contributed by atoms with Gasteiger partial charge in [-0.2, -0.15) is 0 Å². The van der Waals surface area contributed by atoms with E-state index in [4.69, 9.17) is 0 Å². The summed E-state index contributed by atoms with van der Waals surface area (Å²) in [5, 5.41) is 9.83. The highest BCUT2D eigenvalue weighted by Crippen LogP contribution is 1.66. The Labute approximate surface area is 131 Å². The maximum absolute atomic E-state index is 3.86. The van der Waals surface area contributed by atoms with Gasteiger partial charge in [0.15, 0.2) is 0 Å². The van der Waals surface area contributed by atoms with E-state index in [1.54, 1.807) is 0 Å². The molecule has 0 aliphatic carbocycles. The van der Waals surface area contributed by atoms with E-state index >= 15 is 0 Å². The average Bonchev–Trinajstić information content (AvgIpc) is 2.50. The molecule has 0 aliphatic rings. The van der Waals surface area contributed by atoms with Crippen LogP contribution in [0.25, 0.3) is 0 Å². The second-order valence-corrected chi connectivity index (χ2v) is 5.94. The molecule has 0 atom stereocenters. The Balaban J connectivity index is 2.90. The lowest BCUT2D eigenvalue weighted by Crippen LogP contribution is -2.91. The highest BCUT2D eigenvalue weighted by Gasteiger charge is 1.97. The van der Waals surface area contributed by atoms with Gasteiger partial charge in [0, 0.05) is 32.1 Å². The van der Waals surface area contributed by atoms with Crippen molar-refractivity contribution < 1.29 is 32.7 Å². The minimum Gasteiger partial charge on any atom is -0.357 e. The number of rotatable bonds is 18. The molecule has 0 amide bonds. The van der Waals surface area contributed by atoms with Gasteiger partial charge in [0.2, 0.25) is 0 Å². The number of nitrogens with two attached hydrogens (primary N) is 4. The fourth-order valence-corrected chi connectivity index (χ4v) is 2.37. The van der Waals surface area contributed by atoms with Crippen molar-refractivity contribution in [2.45, 2.75) is 32.1 Å². The van der Waals surface area contributed by atoms with Crippen molar-refractivity contribution in [2.24, 2.45) is 0 Å². The second kappa shape index (κ2) is 19.8. The number of quaternary nitrogens is 6. The first-order valence-corrected chi connectivity index (χ1v) is 9.27. The molecule has 0 aromatic heterocycles. The van der Waals surface area contributed by atoms with Gasteiger partial charge in [-0.1, -0.05) is 0 Å². The van der Waals surface area contributed by atoms with Crippen LogP contribution in [-0.4, -0.2) is 65.4 Å². The van der Waals surface area contributed by atoms with E-state index in [2.05, 4.69) is 32.7 Å². The zero-order valence-electron chi connectivity index (χ0n) is 14.3. The van der Waals surface area contributed by atoms with E-state index in [-0.39, 0.29) is 0 Å². The summed E-state index contributed by atoms with van der Waals surface area (Å²) in [5.41, 5.74) is 7.73. The van der Waals surface area contributed by atoms with Crippen LogP contribution in [0.3, 0.4) is 0 Å². The topological polar surface area (TPSA) is 122 Å². The maximum atomic E-state index is 3.86. The molecule has 6 nitrogen and oxygen atoms in total. The lowest BCUT2D eigenvalue weighted by atomic mass is 10.3. The molecule has 0 radical (unpaired) electrons. The van der Waals surface area contributed by atoms with E-state index < -0.39 is 0 Å². The Hall–Kier alpha value is -0.240. The third-order valence-corrected chi connectivity index (χ3v) is 3.77. The molecule has 0 saturated carbocycles. The molecule has 0 unspecified atom stereocenters. The van der Waals surface area contributed by atoms with Gasteiger partial charge in [0.1, 0.15) is 0 Å². The fourth-order valence-electron chi connectivity index (χ4n) is 2.37. The molecule has 0 rings (SSSR count). The van der Waals surface area contributed by atoms with E-state index in [0.717, 1.165) is 13.1 Å². The summed E-state index contributed by atoms with van der Waals surface area (Å²) in [7, 11) is 0. The van der Waals surface area contributed by atoms with Gasteiger partial charge < -0.3 is 32.7 Å². The lowest BCUT2D eigenvalue weighted by Gasteiger charge is -2.03. The van der Waals surface area contributed by atoms with Crippen molar-refractivity contribution in [3.63, 3.8) is 0 Å². The van der Waals surface area contributed by atoms with Crippen molar-refractivity contribution in [2.75, 3.05) is 65.4 Å². The van der Waals surface area contributed by atoms with E-state index in [0.29, 0.717) is 0 Å². The Morgan fingerprint density at radius 1 is 0.381 bits per heavy atom. The van der Waals surface area contributed by atoms with Crippen LogP contribution >= 0.6 is 0 Å². The minimum absolute atomic E-state index is 1.08. The van der Waals surface area contributed by atoms with Crippen LogP contribution in [0.1, 0.15) is 32.1 Å². The molecule has 0 spiro atoms. The molecule has 0 heterocycles. The highest BCUT2D eigenvalue weighted by molar-refractivity contribution is 4.32. The first-order chi connectivity index (χ1) is 10.4. The fraction of sp³-hybridized carbons (Fsp3) is 1.00. The van der Waals surface area contributed by atoms with Crippen LogP contribution in [0, 0.1) is 0 Å². The van der Waals surface area contributed by atoms with Gasteiger partial charge in [0.05, 0.1) is 65.4 Å². The predicted octanol–water partition coefficient (Wildman–Crippen LogP) is -6.33. The Kier molecular flexibility index (Phi) is 19.5. The number of hydrogen-bond donors (Lipinski definition) is 6. The average molecular weight is 309 g/mol. The lowest BCUT2D eigenvalue weighted by molar-refractivity contribution is -0.695. The SMILES string of the molecule is [NH3+]CCC[NH2+]CCC[NH2+]CCC[NH2+]CCC[NH2+]CCC[NH3+]. The monoisotopic (exact) mass is 308 g/mol. The van der Waals surface area contributed by atoms with Gasteiger partial charge in [-0.15, -0.1) is 0 Å². The Bertz CT molecular complexity index is 162. The van der Waals surface area contributed by atoms with Crippen molar-refractivity contribution in [1.82, 2.24) is 0 Å². The summed E-state index contributed by atoms with van der Waals surface area (Å²) in [5.74, 6) is 0. The molecule has 0 aliphatic heterocycles. The molecule has 128 valence electrons. The van der Waals surface area contributed by atoms with E-state index in [9.17, 15) is 0 Å². The Morgan fingerprint density at radius 3 is 0.857 bits per heavy atom. The normalized spacial score (nSPS) is 11.1. The Morgan fingerprint density at radius 2 is 0.619 bits per heavy atom. The van der Waals surface area contributed by atoms with Crippen LogP contribution in [0.15, 0.2) is 0 Å². The first-order valence-electron chi connectivity index (χ1n) is 9.27. The quantitative estimate of drug-likeness (QED) is 0.135. The zero-order valence-corrected chi connectivity index (χ0v) is 14.3. The maximum Gasteiger partial charge on any atom is 0.0809 e. The molecule has 0 saturated heterocycles. The third kappa shape index (κ3) is 19.8. The molecule has 0 aromatic carbocycles. The summed E-state index contributed by atoms with van der Waals surface area (Å²) < 4.78 is 0. The smallest absolute Gasteiger partial charge is 0.0809 e. The van der Waals surface area contributed by atoms with Gasteiger partial charge in [-0.05, 0) is 0 Å². The summed E-state index contributed by atoms with van der Waals surface area (Å²) in [6.07, 6.45) is 6.53. The molecule has 14 N–H and O–H groups in total. The van der Waals surface area contributed by atoms with Crippen LogP contribution in [-0.2, 0) is 0 Å². The second-order valence-electron chi connectivity index (χ2n) is 5.94. The highest BCUT2D eigenvalue weighted by atomic mass is 14.9. The third-order valence-electron chi connectivity index (χ3n) is 3.77. The summed E-state index contributed by atoms with van der Waals surface area (Å²) in [6.45, 7) is 12.4. The first kappa shape index (κ1) is 20.8. The zero-order chi connectivity index (χ0) is 15.4. The van der Waals surface area contributed by atoms with Crippen LogP contribution < -0.4 is 32.7 Å².